The fourth-order valence-corrected chi connectivity index (χ4v) is 3.38. The summed E-state index contributed by atoms with van der Waals surface area (Å²) in [4.78, 5) is 17.0. The maximum absolute atomic E-state index is 12.5. The molecule has 0 saturated heterocycles. The zero-order chi connectivity index (χ0) is 18.1. The molecule has 2 fully saturated rings. The highest BCUT2D eigenvalue weighted by Crippen LogP contribution is 2.47. The number of hydrogen-bond donors (Lipinski definition) is 1. The summed E-state index contributed by atoms with van der Waals surface area (Å²) in [5, 5.41) is 3.11. The largest absolute Gasteiger partial charge is 0.492 e. The van der Waals surface area contributed by atoms with Crippen molar-refractivity contribution < 1.29 is 9.53 Å². The second-order valence-corrected chi connectivity index (χ2v) is 7.77. The Labute approximate surface area is 155 Å². The number of aryl methyl sites for hydroxylation is 1. The number of carbonyl (C=O) groups is 1. The lowest BCUT2D eigenvalue weighted by Gasteiger charge is -2.14. The van der Waals surface area contributed by atoms with Crippen LogP contribution in [0, 0.1) is 18.8 Å². The molecule has 2 aliphatic rings. The molecular weight excluding hydrogens is 324 g/mol. The SMILES string of the molecule is Cc1cccc([C@H]2C[C@@H]2C(=O)N[C@H](C)c2ccc(OCC3CC3)cn2)c1. The lowest BCUT2D eigenvalue weighted by Crippen LogP contribution is -2.28. The number of benzene rings is 1. The molecule has 1 N–H and O–H groups in total. The normalized spacial score (nSPS) is 22.5. The summed E-state index contributed by atoms with van der Waals surface area (Å²) in [7, 11) is 0. The van der Waals surface area contributed by atoms with Gasteiger partial charge in [0.25, 0.3) is 0 Å². The Hall–Kier alpha value is -2.36. The highest BCUT2D eigenvalue weighted by Gasteiger charge is 2.44. The summed E-state index contributed by atoms with van der Waals surface area (Å²) in [6, 6.07) is 12.3. The van der Waals surface area contributed by atoms with Crippen LogP contribution in [0.3, 0.4) is 0 Å². The molecular formula is C22H26N2O2. The monoisotopic (exact) mass is 350 g/mol. The van der Waals surface area contributed by atoms with Gasteiger partial charge in [-0.15, -0.1) is 0 Å². The number of rotatable bonds is 7. The minimum absolute atomic E-state index is 0.0837. The fourth-order valence-electron chi connectivity index (χ4n) is 3.38. The third kappa shape index (κ3) is 4.06. The molecule has 26 heavy (non-hydrogen) atoms. The predicted octanol–water partition coefficient (Wildman–Crippen LogP) is 4.16. The van der Waals surface area contributed by atoms with Gasteiger partial charge in [-0.1, -0.05) is 29.8 Å². The summed E-state index contributed by atoms with van der Waals surface area (Å²) in [5.41, 5.74) is 3.38. The first-order chi connectivity index (χ1) is 12.6. The highest BCUT2D eigenvalue weighted by atomic mass is 16.5. The van der Waals surface area contributed by atoms with Crippen molar-refractivity contribution in [2.75, 3.05) is 6.61 Å². The summed E-state index contributed by atoms with van der Waals surface area (Å²) < 4.78 is 5.72. The quantitative estimate of drug-likeness (QED) is 0.816. The third-order valence-corrected chi connectivity index (χ3v) is 5.34. The van der Waals surface area contributed by atoms with Gasteiger partial charge in [0.2, 0.25) is 5.91 Å². The van der Waals surface area contributed by atoms with Crippen LogP contribution in [0.2, 0.25) is 0 Å². The average molecular weight is 350 g/mol. The number of nitrogens with zero attached hydrogens (tertiary/aromatic N) is 1. The molecule has 2 saturated carbocycles. The van der Waals surface area contributed by atoms with E-state index in [0.29, 0.717) is 5.92 Å². The lowest BCUT2D eigenvalue weighted by atomic mass is 10.1. The molecule has 4 nitrogen and oxygen atoms in total. The summed E-state index contributed by atoms with van der Waals surface area (Å²) in [5.74, 6) is 2.10. The predicted molar refractivity (Wildman–Crippen MR) is 101 cm³/mol. The van der Waals surface area contributed by atoms with Gasteiger partial charge in [0.15, 0.2) is 0 Å². The van der Waals surface area contributed by atoms with E-state index in [0.717, 1.165) is 30.4 Å². The van der Waals surface area contributed by atoms with Crippen molar-refractivity contribution in [3.8, 4) is 5.75 Å². The molecule has 3 atom stereocenters. The molecule has 0 spiro atoms. The van der Waals surface area contributed by atoms with Crippen molar-refractivity contribution in [3.63, 3.8) is 0 Å². The first kappa shape index (κ1) is 17.1. The maximum atomic E-state index is 12.5. The number of hydrogen-bond acceptors (Lipinski definition) is 3. The van der Waals surface area contributed by atoms with Crippen LogP contribution in [0.5, 0.6) is 5.75 Å². The van der Waals surface area contributed by atoms with Crippen LogP contribution in [0.4, 0.5) is 0 Å². The van der Waals surface area contributed by atoms with E-state index in [-0.39, 0.29) is 17.9 Å². The van der Waals surface area contributed by atoms with Crippen LogP contribution >= 0.6 is 0 Å². The number of nitrogens with one attached hydrogen (secondary N) is 1. The van der Waals surface area contributed by atoms with Gasteiger partial charge in [0.1, 0.15) is 5.75 Å². The molecule has 136 valence electrons. The van der Waals surface area contributed by atoms with Gasteiger partial charge in [0, 0.05) is 5.92 Å². The molecule has 1 heterocycles. The highest BCUT2D eigenvalue weighted by molar-refractivity contribution is 5.83. The van der Waals surface area contributed by atoms with E-state index < -0.39 is 0 Å². The topological polar surface area (TPSA) is 51.2 Å². The second kappa shape index (κ2) is 7.10. The van der Waals surface area contributed by atoms with E-state index in [4.69, 9.17) is 4.74 Å². The average Bonchev–Trinajstić information content (AvgIpc) is 3.54. The van der Waals surface area contributed by atoms with E-state index in [1.807, 2.05) is 19.1 Å². The Morgan fingerprint density at radius 3 is 2.85 bits per heavy atom. The second-order valence-electron chi connectivity index (χ2n) is 7.77. The summed E-state index contributed by atoms with van der Waals surface area (Å²) in [6.45, 7) is 4.86. The first-order valence-corrected chi connectivity index (χ1v) is 9.56. The van der Waals surface area contributed by atoms with Gasteiger partial charge in [-0.3, -0.25) is 9.78 Å². The van der Waals surface area contributed by atoms with Crippen molar-refractivity contribution in [3.05, 3.63) is 59.4 Å². The van der Waals surface area contributed by atoms with Crippen LogP contribution < -0.4 is 10.1 Å². The zero-order valence-corrected chi connectivity index (χ0v) is 15.4. The molecule has 2 aliphatic carbocycles. The molecule has 1 amide bonds. The van der Waals surface area contributed by atoms with Gasteiger partial charge in [-0.2, -0.15) is 0 Å². The Bertz CT molecular complexity index is 783. The smallest absolute Gasteiger partial charge is 0.224 e. The van der Waals surface area contributed by atoms with Crippen LogP contribution in [0.25, 0.3) is 0 Å². The van der Waals surface area contributed by atoms with Crippen molar-refractivity contribution >= 4 is 5.91 Å². The van der Waals surface area contributed by atoms with Crippen molar-refractivity contribution in [2.24, 2.45) is 11.8 Å². The minimum Gasteiger partial charge on any atom is -0.492 e. The van der Waals surface area contributed by atoms with E-state index >= 15 is 0 Å². The van der Waals surface area contributed by atoms with E-state index in [1.54, 1.807) is 6.20 Å². The minimum atomic E-state index is -0.0984. The van der Waals surface area contributed by atoms with Crippen molar-refractivity contribution in [2.45, 2.75) is 45.1 Å². The molecule has 1 aromatic carbocycles. The number of amides is 1. The van der Waals surface area contributed by atoms with Gasteiger partial charge >= 0.3 is 0 Å². The maximum Gasteiger partial charge on any atom is 0.224 e. The molecule has 4 heteroatoms. The molecule has 0 radical (unpaired) electrons. The van der Waals surface area contributed by atoms with Crippen LogP contribution in [-0.2, 0) is 4.79 Å². The first-order valence-electron chi connectivity index (χ1n) is 9.56. The molecule has 4 rings (SSSR count). The summed E-state index contributed by atoms with van der Waals surface area (Å²) >= 11 is 0. The Kier molecular flexibility index (Phi) is 4.66. The van der Waals surface area contributed by atoms with Crippen LogP contribution in [-0.4, -0.2) is 17.5 Å². The van der Waals surface area contributed by atoms with Gasteiger partial charge in [-0.25, -0.2) is 0 Å². The Morgan fingerprint density at radius 2 is 2.15 bits per heavy atom. The van der Waals surface area contributed by atoms with E-state index in [2.05, 4.69) is 41.5 Å². The molecule has 0 unspecified atom stereocenters. The summed E-state index contributed by atoms with van der Waals surface area (Å²) in [6.07, 6.45) is 5.25. The molecule has 2 aromatic rings. The van der Waals surface area contributed by atoms with Crippen LogP contribution in [0.15, 0.2) is 42.6 Å². The lowest BCUT2D eigenvalue weighted by molar-refractivity contribution is -0.123. The Balaban J connectivity index is 1.30. The van der Waals surface area contributed by atoms with E-state index in [9.17, 15) is 4.79 Å². The van der Waals surface area contributed by atoms with Crippen molar-refractivity contribution in [1.82, 2.24) is 10.3 Å². The van der Waals surface area contributed by atoms with Gasteiger partial charge in [0.05, 0.1) is 24.5 Å². The van der Waals surface area contributed by atoms with E-state index in [1.165, 1.54) is 24.0 Å². The van der Waals surface area contributed by atoms with Gasteiger partial charge in [-0.05, 0) is 62.6 Å². The molecule has 1 aromatic heterocycles. The van der Waals surface area contributed by atoms with Crippen LogP contribution in [0.1, 0.15) is 55.0 Å². The zero-order valence-electron chi connectivity index (χ0n) is 15.4. The standard InChI is InChI=1S/C22H26N2O2/c1-14-4-3-5-17(10-14)19-11-20(19)22(25)24-15(2)21-9-8-18(12-23-21)26-13-16-6-7-16/h3-5,8-10,12,15-16,19-20H,6-7,11,13H2,1-2H3,(H,24,25)/t15-,19-,20+/m1/s1. The van der Waals surface area contributed by atoms with Crippen molar-refractivity contribution in [1.29, 1.82) is 0 Å². The fraction of sp³-hybridized carbons (Fsp3) is 0.455. The van der Waals surface area contributed by atoms with Gasteiger partial charge < -0.3 is 10.1 Å². The number of carbonyl (C=O) groups excluding carboxylic acids is 1. The number of pyridine rings is 1. The Morgan fingerprint density at radius 1 is 1.31 bits per heavy atom. The molecule has 0 aliphatic heterocycles. The number of ether oxygens (including phenoxy) is 1. The number of aromatic nitrogens is 1. The third-order valence-electron chi connectivity index (χ3n) is 5.34. The molecule has 0 bridgehead atoms.